The summed E-state index contributed by atoms with van der Waals surface area (Å²) in [5, 5.41) is 9.12. The monoisotopic (exact) mass is 282 g/mol. The second-order valence-electron chi connectivity index (χ2n) is 4.11. The van der Waals surface area contributed by atoms with Crippen LogP contribution in [0.15, 0.2) is 0 Å². The van der Waals surface area contributed by atoms with Gasteiger partial charge in [0.25, 0.3) is 10.2 Å². The van der Waals surface area contributed by atoms with Gasteiger partial charge < -0.3 is 9.84 Å². The van der Waals surface area contributed by atoms with Crippen LogP contribution >= 0.6 is 0 Å². The van der Waals surface area contributed by atoms with Gasteiger partial charge in [-0.05, 0) is 13.3 Å². The molecule has 0 aliphatic heterocycles. The van der Waals surface area contributed by atoms with Crippen LogP contribution in [0.25, 0.3) is 0 Å². The van der Waals surface area contributed by atoms with Crippen LogP contribution in [0.1, 0.15) is 19.8 Å². The molecule has 0 aliphatic rings. The van der Waals surface area contributed by atoms with Crippen LogP contribution in [0.2, 0.25) is 0 Å². The minimum atomic E-state index is -3.59. The van der Waals surface area contributed by atoms with E-state index in [1.54, 1.807) is 6.92 Å². The zero-order valence-corrected chi connectivity index (χ0v) is 12.1. The number of esters is 1. The Hall–Kier alpha value is -0.700. The van der Waals surface area contributed by atoms with Crippen LogP contribution in [0, 0.1) is 0 Å². The van der Waals surface area contributed by atoms with Crippen LogP contribution in [0.4, 0.5) is 0 Å². The standard InChI is InChI=1S/C10H22N2O5S/c1-9(13)5-7-11(2)18(15,16)12(3)8-6-10(14)17-4/h9,13H,5-8H2,1-4H3. The van der Waals surface area contributed by atoms with Gasteiger partial charge in [0.15, 0.2) is 0 Å². The predicted octanol–water partition coefficient (Wildman–Crippen LogP) is -0.571. The van der Waals surface area contributed by atoms with Gasteiger partial charge in [0, 0.05) is 27.2 Å². The molecule has 0 aromatic carbocycles. The van der Waals surface area contributed by atoms with Gasteiger partial charge >= 0.3 is 5.97 Å². The van der Waals surface area contributed by atoms with E-state index in [9.17, 15) is 13.2 Å². The molecule has 0 aromatic rings. The number of nitrogens with zero attached hydrogens (tertiary/aromatic N) is 2. The molecule has 1 unspecified atom stereocenters. The van der Waals surface area contributed by atoms with Crippen molar-refractivity contribution in [2.75, 3.05) is 34.3 Å². The normalized spacial score (nSPS) is 13.9. The van der Waals surface area contributed by atoms with Crippen molar-refractivity contribution in [3.8, 4) is 0 Å². The Balaban J connectivity index is 4.37. The van der Waals surface area contributed by atoms with Crippen molar-refractivity contribution >= 4 is 16.2 Å². The first-order valence-electron chi connectivity index (χ1n) is 5.64. The third kappa shape index (κ3) is 5.76. The second-order valence-corrected chi connectivity index (χ2v) is 6.26. The van der Waals surface area contributed by atoms with E-state index in [1.165, 1.54) is 21.2 Å². The van der Waals surface area contributed by atoms with E-state index in [0.717, 1.165) is 8.61 Å². The zero-order valence-electron chi connectivity index (χ0n) is 11.3. The minimum Gasteiger partial charge on any atom is -0.469 e. The highest BCUT2D eigenvalue weighted by molar-refractivity contribution is 7.86. The molecule has 0 saturated carbocycles. The third-order valence-electron chi connectivity index (χ3n) is 2.51. The molecular weight excluding hydrogens is 260 g/mol. The first-order chi connectivity index (χ1) is 8.21. The molecule has 0 aliphatic carbocycles. The first-order valence-corrected chi connectivity index (χ1v) is 7.04. The summed E-state index contributed by atoms with van der Waals surface area (Å²) in [5.41, 5.74) is 0. The molecule has 1 N–H and O–H groups in total. The van der Waals surface area contributed by atoms with Gasteiger partial charge in [-0.3, -0.25) is 4.79 Å². The van der Waals surface area contributed by atoms with Crippen molar-refractivity contribution in [1.29, 1.82) is 0 Å². The molecule has 108 valence electrons. The number of ether oxygens (including phenoxy) is 1. The number of hydrogen-bond acceptors (Lipinski definition) is 5. The van der Waals surface area contributed by atoms with E-state index in [2.05, 4.69) is 4.74 Å². The number of carbonyl (C=O) groups excluding carboxylic acids is 1. The molecule has 8 heteroatoms. The molecular formula is C10H22N2O5S. The Morgan fingerprint density at radius 3 is 2.22 bits per heavy atom. The van der Waals surface area contributed by atoms with Crippen molar-refractivity contribution < 1.29 is 23.1 Å². The number of rotatable bonds is 8. The fourth-order valence-corrected chi connectivity index (χ4v) is 2.32. The SMILES string of the molecule is COC(=O)CCN(C)S(=O)(=O)N(C)CCC(C)O. The lowest BCUT2D eigenvalue weighted by Gasteiger charge is -2.24. The molecule has 7 nitrogen and oxygen atoms in total. The zero-order chi connectivity index (χ0) is 14.3. The van der Waals surface area contributed by atoms with E-state index < -0.39 is 22.3 Å². The van der Waals surface area contributed by atoms with Crippen LogP contribution < -0.4 is 0 Å². The molecule has 1 atom stereocenters. The Morgan fingerprint density at radius 2 is 1.78 bits per heavy atom. The van der Waals surface area contributed by atoms with Crippen LogP contribution in [0.3, 0.4) is 0 Å². The van der Waals surface area contributed by atoms with Gasteiger partial charge in [0.2, 0.25) is 0 Å². The fraction of sp³-hybridized carbons (Fsp3) is 0.900. The maximum Gasteiger partial charge on any atom is 0.306 e. The molecule has 0 bridgehead atoms. The van der Waals surface area contributed by atoms with Gasteiger partial charge in [0.05, 0.1) is 19.6 Å². The summed E-state index contributed by atoms with van der Waals surface area (Å²) in [6, 6.07) is 0. The molecule has 0 saturated heterocycles. The smallest absolute Gasteiger partial charge is 0.306 e. The Bertz CT molecular complexity index is 355. The van der Waals surface area contributed by atoms with Gasteiger partial charge in [-0.1, -0.05) is 0 Å². The number of aliphatic hydroxyl groups excluding tert-OH is 1. The second kappa shape index (κ2) is 7.67. The van der Waals surface area contributed by atoms with E-state index >= 15 is 0 Å². The summed E-state index contributed by atoms with van der Waals surface area (Å²) in [5.74, 6) is -0.455. The fourth-order valence-electron chi connectivity index (χ4n) is 1.19. The maximum absolute atomic E-state index is 12.0. The van der Waals surface area contributed by atoms with Crippen molar-refractivity contribution in [2.45, 2.75) is 25.9 Å². The molecule has 0 heterocycles. The highest BCUT2D eigenvalue weighted by atomic mass is 32.2. The highest BCUT2D eigenvalue weighted by Gasteiger charge is 2.24. The van der Waals surface area contributed by atoms with Gasteiger partial charge in [-0.25, -0.2) is 0 Å². The molecule has 0 radical (unpaired) electrons. The molecule has 0 rings (SSSR count). The molecule has 0 fully saturated rings. The van der Waals surface area contributed by atoms with Crippen LogP contribution in [-0.2, 0) is 19.7 Å². The third-order valence-corrected chi connectivity index (χ3v) is 4.45. The number of aliphatic hydroxyl groups is 1. The first kappa shape index (κ1) is 17.3. The van der Waals surface area contributed by atoms with Gasteiger partial charge in [-0.2, -0.15) is 17.0 Å². The summed E-state index contributed by atoms with van der Waals surface area (Å²) in [6.07, 6.45) is -0.181. The van der Waals surface area contributed by atoms with E-state index in [1.807, 2.05) is 0 Å². The Kier molecular flexibility index (Phi) is 7.37. The number of hydrogen-bond donors (Lipinski definition) is 1. The minimum absolute atomic E-state index is 0.0104. The highest BCUT2D eigenvalue weighted by Crippen LogP contribution is 2.06. The predicted molar refractivity (Wildman–Crippen MR) is 67.1 cm³/mol. The molecule has 0 spiro atoms. The van der Waals surface area contributed by atoms with E-state index in [0.29, 0.717) is 6.42 Å². The van der Waals surface area contributed by atoms with Gasteiger partial charge in [0.1, 0.15) is 0 Å². The van der Waals surface area contributed by atoms with Crippen LogP contribution in [0.5, 0.6) is 0 Å². The van der Waals surface area contributed by atoms with Crippen LogP contribution in [-0.4, -0.2) is 68.5 Å². The maximum atomic E-state index is 12.0. The van der Waals surface area contributed by atoms with Crippen molar-refractivity contribution in [2.24, 2.45) is 0 Å². The van der Waals surface area contributed by atoms with Gasteiger partial charge in [-0.15, -0.1) is 0 Å². The quantitative estimate of drug-likeness (QED) is 0.602. The summed E-state index contributed by atoms with van der Waals surface area (Å²) in [4.78, 5) is 10.9. The lowest BCUT2D eigenvalue weighted by Crippen LogP contribution is -2.41. The van der Waals surface area contributed by atoms with E-state index in [4.69, 9.17) is 5.11 Å². The average molecular weight is 282 g/mol. The van der Waals surface area contributed by atoms with Crippen molar-refractivity contribution in [1.82, 2.24) is 8.61 Å². The molecule has 18 heavy (non-hydrogen) atoms. The number of carbonyl (C=O) groups is 1. The van der Waals surface area contributed by atoms with Crippen molar-refractivity contribution in [3.05, 3.63) is 0 Å². The number of methoxy groups -OCH3 is 1. The topological polar surface area (TPSA) is 87.2 Å². The Labute approximate surface area is 109 Å². The molecule has 0 amide bonds. The average Bonchev–Trinajstić information content (AvgIpc) is 2.31. The summed E-state index contributed by atoms with van der Waals surface area (Å²) < 4.78 is 30.6. The lowest BCUT2D eigenvalue weighted by molar-refractivity contribution is -0.140. The lowest BCUT2D eigenvalue weighted by atomic mass is 10.3. The summed E-state index contributed by atoms with van der Waals surface area (Å²) >= 11 is 0. The summed E-state index contributed by atoms with van der Waals surface area (Å²) in [7, 11) is 0.502. The van der Waals surface area contributed by atoms with Crippen molar-refractivity contribution in [3.63, 3.8) is 0 Å². The largest absolute Gasteiger partial charge is 0.469 e. The summed E-state index contributed by atoms with van der Waals surface area (Å²) in [6.45, 7) is 1.89. The van der Waals surface area contributed by atoms with E-state index in [-0.39, 0.29) is 19.5 Å². The Morgan fingerprint density at radius 1 is 1.28 bits per heavy atom. The molecule has 0 aromatic heterocycles.